The normalized spacial score (nSPS) is 16.6. The predicted octanol–water partition coefficient (Wildman–Crippen LogP) is 3.58. The van der Waals surface area contributed by atoms with E-state index in [0.717, 1.165) is 16.9 Å². The second-order valence-electron chi connectivity index (χ2n) is 7.25. The van der Waals surface area contributed by atoms with Crippen LogP contribution in [0.15, 0.2) is 42.5 Å². The van der Waals surface area contributed by atoms with Gasteiger partial charge < -0.3 is 20.7 Å². The molecular weight excluding hydrogens is 314 g/mol. The molecule has 1 heterocycles. The van der Waals surface area contributed by atoms with Crippen molar-refractivity contribution in [3.63, 3.8) is 0 Å². The Labute approximate surface area is 148 Å². The third-order valence-electron chi connectivity index (χ3n) is 4.40. The second kappa shape index (κ2) is 6.31. The van der Waals surface area contributed by atoms with Gasteiger partial charge in [-0.3, -0.25) is 4.79 Å². The summed E-state index contributed by atoms with van der Waals surface area (Å²) in [6.45, 7) is 8.57. The number of anilines is 3. The molecule has 2 aromatic carbocycles. The van der Waals surface area contributed by atoms with Crippen molar-refractivity contribution < 1.29 is 9.53 Å². The molecule has 3 N–H and O–H groups in total. The monoisotopic (exact) mass is 339 g/mol. The van der Waals surface area contributed by atoms with Gasteiger partial charge in [-0.1, -0.05) is 17.7 Å². The van der Waals surface area contributed by atoms with Gasteiger partial charge in [-0.15, -0.1) is 0 Å². The first-order valence-electron chi connectivity index (χ1n) is 8.48. The van der Waals surface area contributed by atoms with Crippen molar-refractivity contribution in [1.29, 1.82) is 0 Å². The van der Waals surface area contributed by atoms with Gasteiger partial charge in [-0.25, -0.2) is 0 Å². The topological polar surface area (TPSA) is 67.6 Å². The number of carbonyl (C=O) groups is 1. The molecule has 0 aromatic heterocycles. The Morgan fingerprint density at radius 1 is 1.24 bits per heavy atom. The van der Waals surface area contributed by atoms with Gasteiger partial charge in [0.15, 0.2) is 0 Å². The summed E-state index contributed by atoms with van der Waals surface area (Å²) in [5, 5.41) is 2.99. The zero-order valence-electron chi connectivity index (χ0n) is 15.2. The average Bonchev–Trinajstić information content (AvgIpc) is 2.54. The first-order valence-corrected chi connectivity index (χ1v) is 8.48. The van der Waals surface area contributed by atoms with E-state index in [1.807, 2.05) is 70.2 Å². The molecule has 1 unspecified atom stereocenters. The molecule has 0 fully saturated rings. The minimum absolute atomic E-state index is 0.0515. The highest BCUT2D eigenvalue weighted by Gasteiger charge is 2.36. The minimum atomic E-state index is -0.404. The van der Waals surface area contributed by atoms with Crippen molar-refractivity contribution in [3.05, 3.63) is 48.0 Å². The summed E-state index contributed by atoms with van der Waals surface area (Å²) in [6.07, 6.45) is 0. The fourth-order valence-corrected chi connectivity index (χ4v) is 3.05. The van der Waals surface area contributed by atoms with Crippen molar-refractivity contribution in [3.8, 4) is 5.75 Å². The van der Waals surface area contributed by atoms with Gasteiger partial charge in [-0.2, -0.15) is 0 Å². The van der Waals surface area contributed by atoms with Crippen LogP contribution < -0.4 is 20.7 Å². The maximum Gasteiger partial charge on any atom is 0.246 e. The van der Waals surface area contributed by atoms with Gasteiger partial charge in [0.25, 0.3) is 0 Å². The smallest absolute Gasteiger partial charge is 0.246 e. The van der Waals surface area contributed by atoms with Crippen LogP contribution in [0.25, 0.3) is 0 Å². The Hall–Kier alpha value is -2.69. The van der Waals surface area contributed by atoms with Crippen LogP contribution in [0.1, 0.15) is 26.3 Å². The number of carbonyl (C=O) groups excluding carboxylic acids is 1. The third-order valence-corrected chi connectivity index (χ3v) is 4.40. The molecule has 1 amide bonds. The number of benzene rings is 2. The Bertz CT molecular complexity index is 784. The summed E-state index contributed by atoms with van der Waals surface area (Å²) in [6, 6.07) is 13.0. The van der Waals surface area contributed by atoms with Gasteiger partial charge in [-0.05, 0) is 52.0 Å². The zero-order valence-corrected chi connectivity index (χ0v) is 15.2. The second-order valence-corrected chi connectivity index (χ2v) is 7.25. The fourth-order valence-electron chi connectivity index (χ4n) is 3.05. The Balaban J connectivity index is 1.84. The number of amides is 1. The van der Waals surface area contributed by atoms with E-state index in [0.29, 0.717) is 18.0 Å². The van der Waals surface area contributed by atoms with E-state index >= 15 is 0 Å². The number of hydrogen-bond acceptors (Lipinski definition) is 4. The number of nitrogens with two attached hydrogens (primary N) is 1. The number of nitrogens with zero attached hydrogens (tertiary/aromatic N) is 1. The number of nitrogens with one attached hydrogen (secondary N) is 1. The zero-order chi connectivity index (χ0) is 18.2. The Morgan fingerprint density at radius 3 is 2.60 bits per heavy atom. The van der Waals surface area contributed by atoms with Crippen LogP contribution in [0.2, 0.25) is 0 Å². The molecule has 0 aliphatic carbocycles. The molecule has 0 bridgehead atoms. The molecule has 0 spiro atoms. The van der Waals surface area contributed by atoms with E-state index in [2.05, 4.69) is 10.2 Å². The molecule has 3 rings (SSSR count). The molecule has 5 heteroatoms. The lowest BCUT2D eigenvalue weighted by Gasteiger charge is -2.43. The Kier molecular flexibility index (Phi) is 4.33. The van der Waals surface area contributed by atoms with E-state index in [4.69, 9.17) is 10.5 Å². The van der Waals surface area contributed by atoms with E-state index < -0.39 is 5.60 Å². The van der Waals surface area contributed by atoms with E-state index in [1.165, 1.54) is 0 Å². The van der Waals surface area contributed by atoms with Crippen LogP contribution in [0.4, 0.5) is 17.1 Å². The highest BCUT2D eigenvalue weighted by molar-refractivity contribution is 5.97. The molecular formula is C20H25N3O2. The number of rotatable bonds is 3. The number of nitrogen functional groups attached to an aromatic ring is 1. The van der Waals surface area contributed by atoms with Crippen molar-refractivity contribution >= 4 is 23.0 Å². The molecule has 0 saturated heterocycles. The van der Waals surface area contributed by atoms with Crippen molar-refractivity contribution in [2.75, 3.05) is 22.5 Å². The molecule has 132 valence electrons. The lowest BCUT2D eigenvalue weighted by molar-refractivity contribution is -0.117. The molecule has 5 nitrogen and oxygen atoms in total. The van der Waals surface area contributed by atoms with Gasteiger partial charge in [0.05, 0.1) is 12.2 Å². The largest absolute Gasteiger partial charge is 0.484 e. The van der Waals surface area contributed by atoms with Crippen molar-refractivity contribution in [1.82, 2.24) is 0 Å². The highest BCUT2D eigenvalue weighted by atomic mass is 16.5. The van der Waals surface area contributed by atoms with E-state index in [-0.39, 0.29) is 11.9 Å². The molecule has 2 aromatic rings. The molecule has 1 atom stereocenters. The van der Waals surface area contributed by atoms with Crippen LogP contribution in [0.5, 0.6) is 5.75 Å². The van der Waals surface area contributed by atoms with E-state index in [1.54, 1.807) is 0 Å². The SMILES string of the molecule is Cc1ccc(NC(=O)C(C)N2CC(C)(C)Oc3cc(N)ccc32)cc1. The summed E-state index contributed by atoms with van der Waals surface area (Å²) in [4.78, 5) is 14.8. The minimum Gasteiger partial charge on any atom is -0.484 e. The van der Waals surface area contributed by atoms with Crippen LogP contribution >= 0.6 is 0 Å². The summed E-state index contributed by atoms with van der Waals surface area (Å²) in [5.74, 6) is 0.663. The standard InChI is InChI=1S/C20H25N3O2/c1-13-5-8-16(9-6-13)22-19(24)14(2)23-12-20(3,4)25-18-11-15(21)7-10-17(18)23/h5-11,14H,12,21H2,1-4H3,(H,22,24). The van der Waals surface area contributed by atoms with Crippen molar-refractivity contribution in [2.45, 2.75) is 39.3 Å². The number of aryl methyl sites for hydroxylation is 1. The average molecular weight is 339 g/mol. The number of ether oxygens (including phenoxy) is 1. The van der Waals surface area contributed by atoms with Gasteiger partial charge in [0, 0.05) is 17.4 Å². The van der Waals surface area contributed by atoms with Crippen LogP contribution in [-0.4, -0.2) is 24.1 Å². The number of fused-ring (bicyclic) bond motifs is 1. The van der Waals surface area contributed by atoms with E-state index in [9.17, 15) is 4.79 Å². The Morgan fingerprint density at radius 2 is 1.92 bits per heavy atom. The first-order chi connectivity index (χ1) is 11.7. The third kappa shape index (κ3) is 3.71. The highest BCUT2D eigenvalue weighted by Crippen LogP contribution is 2.39. The molecule has 0 radical (unpaired) electrons. The lowest BCUT2D eigenvalue weighted by atomic mass is 10.0. The quantitative estimate of drug-likeness (QED) is 0.839. The maximum atomic E-state index is 12.8. The molecule has 25 heavy (non-hydrogen) atoms. The van der Waals surface area contributed by atoms with Gasteiger partial charge in [0.1, 0.15) is 17.4 Å². The fraction of sp³-hybridized carbons (Fsp3) is 0.350. The van der Waals surface area contributed by atoms with Crippen molar-refractivity contribution in [2.24, 2.45) is 0 Å². The lowest BCUT2D eigenvalue weighted by Crippen LogP contribution is -2.53. The molecule has 1 aliphatic rings. The number of hydrogen-bond donors (Lipinski definition) is 2. The molecule has 1 aliphatic heterocycles. The summed E-state index contributed by atoms with van der Waals surface area (Å²) < 4.78 is 6.04. The summed E-state index contributed by atoms with van der Waals surface area (Å²) in [5.41, 5.74) is 8.98. The first kappa shape index (κ1) is 17.1. The van der Waals surface area contributed by atoms with Gasteiger partial charge in [0.2, 0.25) is 5.91 Å². The van der Waals surface area contributed by atoms with Crippen LogP contribution in [0, 0.1) is 6.92 Å². The summed E-state index contributed by atoms with van der Waals surface area (Å²) >= 11 is 0. The van der Waals surface area contributed by atoms with Crippen LogP contribution in [0.3, 0.4) is 0 Å². The summed E-state index contributed by atoms with van der Waals surface area (Å²) in [7, 11) is 0. The van der Waals surface area contributed by atoms with Crippen LogP contribution in [-0.2, 0) is 4.79 Å². The van der Waals surface area contributed by atoms with Gasteiger partial charge >= 0.3 is 0 Å². The molecule has 0 saturated carbocycles. The maximum absolute atomic E-state index is 12.8. The predicted molar refractivity (Wildman–Crippen MR) is 102 cm³/mol.